The lowest BCUT2D eigenvalue weighted by molar-refractivity contribution is -0.384. The second-order valence-corrected chi connectivity index (χ2v) is 4.01. The summed E-state index contributed by atoms with van der Waals surface area (Å²) in [6.45, 7) is 0.794. The second-order valence-electron chi connectivity index (χ2n) is 4.01. The summed E-state index contributed by atoms with van der Waals surface area (Å²) in [7, 11) is 0. The van der Waals surface area contributed by atoms with Crippen LogP contribution in [0.1, 0.15) is 18.5 Å². The molecular formula is C12H14N2O6. The third-order valence-electron chi connectivity index (χ3n) is 2.39. The predicted octanol–water partition coefficient (Wildman–Crippen LogP) is 0.873. The van der Waals surface area contributed by atoms with Crippen LogP contribution in [0.5, 0.6) is 0 Å². The number of ether oxygens (including phenoxy) is 1. The van der Waals surface area contributed by atoms with Gasteiger partial charge in [-0.2, -0.15) is 0 Å². The number of rotatable bonds is 7. The van der Waals surface area contributed by atoms with E-state index >= 15 is 0 Å². The molecule has 2 N–H and O–H groups in total. The van der Waals surface area contributed by atoms with Crippen molar-refractivity contribution >= 4 is 17.6 Å². The Kier molecular flexibility index (Phi) is 5.60. The van der Waals surface area contributed by atoms with E-state index in [1.807, 2.05) is 0 Å². The van der Waals surface area contributed by atoms with E-state index in [1.54, 1.807) is 0 Å². The van der Waals surface area contributed by atoms with Crippen LogP contribution in [0.4, 0.5) is 5.69 Å². The Labute approximate surface area is 114 Å². The quantitative estimate of drug-likeness (QED) is 0.565. The molecular weight excluding hydrogens is 268 g/mol. The van der Waals surface area contributed by atoms with Crippen molar-refractivity contribution in [2.75, 3.05) is 13.2 Å². The van der Waals surface area contributed by atoms with Crippen LogP contribution in [0, 0.1) is 10.1 Å². The van der Waals surface area contributed by atoms with Crippen LogP contribution in [-0.4, -0.2) is 35.1 Å². The lowest BCUT2D eigenvalue weighted by Crippen LogP contribution is -2.30. The van der Waals surface area contributed by atoms with Gasteiger partial charge in [0.1, 0.15) is 6.61 Å². The molecule has 8 heteroatoms. The van der Waals surface area contributed by atoms with Crippen LogP contribution in [0.2, 0.25) is 0 Å². The van der Waals surface area contributed by atoms with Crippen LogP contribution < -0.4 is 5.32 Å². The maximum Gasteiger partial charge on any atom is 0.329 e. The number of carboxylic acid groups (broad SMARTS) is 1. The van der Waals surface area contributed by atoms with Gasteiger partial charge in [-0.15, -0.1) is 0 Å². The molecule has 0 saturated heterocycles. The molecule has 0 radical (unpaired) electrons. The molecule has 108 valence electrons. The molecule has 1 amide bonds. The summed E-state index contributed by atoms with van der Waals surface area (Å²) in [4.78, 5) is 31.5. The molecule has 0 saturated carbocycles. The number of non-ortho nitro benzene ring substituents is 1. The summed E-state index contributed by atoms with van der Waals surface area (Å²) in [5.41, 5.74) is 0.526. The first-order chi connectivity index (χ1) is 9.40. The minimum Gasteiger partial charge on any atom is -0.480 e. The third-order valence-corrected chi connectivity index (χ3v) is 2.39. The van der Waals surface area contributed by atoms with Crippen molar-refractivity contribution in [3.63, 3.8) is 0 Å². The number of nitrogens with one attached hydrogen (secondary N) is 1. The standard InChI is InChI=1S/C12H14N2O6/c1-8(15)13-11(6-20-7-12(16)17)9-2-4-10(5-3-9)14(18)19/h2-5,11H,6-7H2,1H3,(H,13,15)(H,16,17)/t11-/m1/s1. The highest BCUT2D eigenvalue weighted by molar-refractivity contribution is 5.73. The Morgan fingerprint density at radius 2 is 2.00 bits per heavy atom. The summed E-state index contributed by atoms with van der Waals surface area (Å²) in [6.07, 6.45) is 0. The molecule has 0 aliphatic heterocycles. The van der Waals surface area contributed by atoms with Crippen molar-refractivity contribution in [2.45, 2.75) is 13.0 Å². The number of carbonyl (C=O) groups excluding carboxylic acids is 1. The van der Waals surface area contributed by atoms with Gasteiger partial charge in [0.05, 0.1) is 17.6 Å². The molecule has 20 heavy (non-hydrogen) atoms. The highest BCUT2D eigenvalue weighted by atomic mass is 16.6. The number of aliphatic carboxylic acids is 1. The Hall–Kier alpha value is -2.48. The molecule has 0 aliphatic rings. The minimum atomic E-state index is -1.12. The minimum absolute atomic E-state index is 0.0380. The molecule has 0 aliphatic carbocycles. The van der Waals surface area contributed by atoms with Gasteiger partial charge in [-0.3, -0.25) is 14.9 Å². The van der Waals surface area contributed by atoms with Gasteiger partial charge in [0, 0.05) is 19.1 Å². The fourth-order valence-corrected chi connectivity index (χ4v) is 1.56. The molecule has 0 unspecified atom stereocenters. The van der Waals surface area contributed by atoms with E-state index in [-0.39, 0.29) is 18.2 Å². The molecule has 1 aromatic rings. The molecule has 8 nitrogen and oxygen atoms in total. The Bertz CT molecular complexity index is 499. The van der Waals surface area contributed by atoms with Crippen LogP contribution in [0.25, 0.3) is 0 Å². The molecule has 0 fully saturated rings. The number of nitrogens with zero attached hydrogens (tertiary/aromatic N) is 1. The van der Waals surface area contributed by atoms with E-state index in [1.165, 1.54) is 31.2 Å². The van der Waals surface area contributed by atoms with Gasteiger partial charge < -0.3 is 15.2 Å². The highest BCUT2D eigenvalue weighted by Gasteiger charge is 2.15. The zero-order valence-corrected chi connectivity index (χ0v) is 10.7. The van der Waals surface area contributed by atoms with Gasteiger partial charge in [0.25, 0.3) is 5.69 Å². The summed E-state index contributed by atoms with van der Waals surface area (Å²) in [5, 5.41) is 21.6. The number of carbonyl (C=O) groups is 2. The number of benzene rings is 1. The summed E-state index contributed by atoms with van der Waals surface area (Å²) >= 11 is 0. The normalized spacial score (nSPS) is 11.7. The number of carboxylic acids is 1. The van der Waals surface area contributed by atoms with E-state index < -0.39 is 23.5 Å². The van der Waals surface area contributed by atoms with Crippen molar-refractivity contribution in [3.8, 4) is 0 Å². The Balaban J connectivity index is 2.78. The van der Waals surface area contributed by atoms with Gasteiger partial charge in [-0.1, -0.05) is 12.1 Å². The lowest BCUT2D eigenvalue weighted by Gasteiger charge is -2.17. The molecule has 1 aromatic carbocycles. The van der Waals surface area contributed by atoms with Crippen molar-refractivity contribution in [2.24, 2.45) is 0 Å². The van der Waals surface area contributed by atoms with Gasteiger partial charge in [-0.05, 0) is 5.56 Å². The molecule has 0 heterocycles. The van der Waals surface area contributed by atoms with Crippen LogP contribution in [0.15, 0.2) is 24.3 Å². The molecule has 0 spiro atoms. The topological polar surface area (TPSA) is 119 Å². The zero-order chi connectivity index (χ0) is 15.1. The average Bonchev–Trinajstić information content (AvgIpc) is 2.37. The van der Waals surface area contributed by atoms with Gasteiger partial charge >= 0.3 is 5.97 Å². The van der Waals surface area contributed by atoms with E-state index in [2.05, 4.69) is 5.32 Å². The average molecular weight is 282 g/mol. The number of nitro benzene ring substituents is 1. The third kappa shape index (κ3) is 5.02. The van der Waals surface area contributed by atoms with E-state index in [9.17, 15) is 19.7 Å². The zero-order valence-electron chi connectivity index (χ0n) is 10.7. The lowest BCUT2D eigenvalue weighted by atomic mass is 10.1. The van der Waals surface area contributed by atoms with Crippen molar-refractivity contribution in [1.82, 2.24) is 5.32 Å². The summed E-state index contributed by atoms with van der Waals surface area (Å²) in [6, 6.07) is 5.03. The predicted molar refractivity (Wildman–Crippen MR) is 68.1 cm³/mol. The number of amides is 1. The van der Waals surface area contributed by atoms with E-state index in [4.69, 9.17) is 9.84 Å². The fraction of sp³-hybridized carbons (Fsp3) is 0.333. The molecule has 1 atom stereocenters. The van der Waals surface area contributed by atoms with E-state index in [0.717, 1.165) is 0 Å². The smallest absolute Gasteiger partial charge is 0.329 e. The van der Waals surface area contributed by atoms with Crippen molar-refractivity contribution in [1.29, 1.82) is 0 Å². The summed E-state index contributed by atoms with van der Waals surface area (Å²) < 4.78 is 4.94. The van der Waals surface area contributed by atoms with Gasteiger partial charge in [0.2, 0.25) is 5.91 Å². The van der Waals surface area contributed by atoms with Crippen LogP contribution in [0.3, 0.4) is 0 Å². The second kappa shape index (κ2) is 7.19. The SMILES string of the molecule is CC(=O)N[C@H](COCC(=O)O)c1ccc([N+](=O)[O-])cc1. The number of hydrogen-bond donors (Lipinski definition) is 2. The fourth-order valence-electron chi connectivity index (χ4n) is 1.56. The molecule has 1 rings (SSSR count). The van der Waals surface area contributed by atoms with Crippen molar-refractivity contribution < 1.29 is 24.4 Å². The van der Waals surface area contributed by atoms with Crippen LogP contribution >= 0.6 is 0 Å². The first-order valence-corrected chi connectivity index (χ1v) is 5.71. The largest absolute Gasteiger partial charge is 0.480 e. The maximum absolute atomic E-state index is 11.1. The number of nitro groups is 1. The highest BCUT2D eigenvalue weighted by Crippen LogP contribution is 2.18. The Morgan fingerprint density at radius 1 is 1.40 bits per heavy atom. The maximum atomic E-state index is 11.1. The summed E-state index contributed by atoms with van der Waals surface area (Å²) in [5.74, 6) is -1.43. The monoisotopic (exact) mass is 282 g/mol. The first-order valence-electron chi connectivity index (χ1n) is 5.71. The van der Waals surface area contributed by atoms with Crippen LogP contribution in [-0.2, 0) is 14.3 Å². The molecule has 0 bridgehead atoms. The Morgan fingerprint density at radius 3 is 2.45 bits per heavy atom. The number of hydrogen-bond acceptors (Lipinski definition) is 5. The van der Waals surface area contributed by atoms with Gasteiger partial charge in [0.15, 0.2) is 0 Å². The van der Waals surface area contributed by atoms with E-state index in [0.29, 0.717) is 5.56 Å². The molecule has 0 aromatic heterocycles. The van der Waals surface area contributed by atoms with Crippen molar-refractivity contribution in [3.05, 3.63) is 39.9 Å². The first kappa shape index (κ1) is 15.6. The van der Waals surface area contributed by atoms with Gasteiger partial charge in [-0.25, -0.2) is 4.79 Å².